The molecule has 0 bridgehead atoms. The largest absolute Gasteiger partial charge is 0.490 e. The fourth-order valence-electron chi connectivity index (χ4n) is 5.02. The highest BCUT2D eigenvalue weighted by Crippen LogP contribution is 2.28. The van der Waals surface area contributed by atoms with Gasteiger partial charge in [0, 0.05) is 37.7 Å². The van der Waals surface area contributed by atoms with Gasteiger partial charge in [0.1, 0.15) is 5.75 Å². The van der Waals surface area contributed by atoms with E-state index in [0.717, 1.165) is 51.7 Å². The fraction of sp³-hybridized carbons (Fsp3) is 0.742. The Bertz CT molecular complexity index is 912. The molecule has 0 aromatic heterocycles. The number of likely N-dealkylation sites (N-methyl/N-ethyl adjacent to an activating group) is 1. The van der Waals surface area contributed by atoms with Crippen LogP contribution in [0.3, 0.4) is 0 Å². The van der Waals surface area contributed by atoms with Crippen molar-refractivity contribution in [1.82, 2.24) is 14.7 Å². The van der Waals surface area contributed by atoms with E-state index in [1.807, 2.05) is 32.8 Å². The first-order chi connectivity index (χ1) is 19.0. The predicted octanol–water partition coefficient (Wildman–Crippen LogP) is 4.10. The molecular formula is C31H54N4O5. The predicted molar refractivity (Wildman–Crippen MR) is 161 cm³/mol. The van der Waals surface area contributed by atoms with Crippen LogP contribution in [0.2, 0.25) is 0 Å². The molecule has 1 aliphatic heterocycles. The number of benzene rings is 1. The van der Waals surface area contributed by atoms with E-state index >= 15 is 0 Å². The molecule has 0 radical (unpaired) electrons. The number of hydrogen-bond acceptors (Lipinski definition) is 7. The number of ether oxygens (including phenoxy) is 2. The third kappa shape index (κ3) is 11.4. The summed E-state index contributed by atoms with van der Waals surface area (Å²) in [6.07, 6.45) is 4.83. The van der Waals surface area contributed by atoms with Gasteiger partial charge in [-0.2, -0.15) is 0 Å². The normalized spacial score (nSPS) is 22.0. The lowest BCUT2D eigenvalue weighted by molar-refractivity contribution is -0.116. The molecule has 2 amide bonds. The third-order valence-electron chi connectivity index (χ3n) is 7.44. The number of amides is 2. The van der Waals surface area contributed by atoms with Gasteiger partial charge in [0.15, 0.2) is 0 Å². The smallest absolute Gasteiger partial charge is 0.258 e. The lowest BCUT2D eigenvalue weighted by atomic mass is 10.0. The van der Waals surface area contributed by atoms with Gasteiger partial charge in [0.2, 0.25) is 5.91 Å². The summed E-state index contributed by atoms with van der Waals surface area (Å²) in [7, 11) is 6.07. The molecule has 0 saturated heterocycles. The van der Waals surface area contributed by atoms with Crippen LogP contribution in [0.1, 0.15) is 76.6 Å². The summed E-state index contributed by atoms with van der Waals surface area (Å²) in [5.74, 6) is 0.230. The summed E-state index contributed by atoms with van der Waals surface area (Å²) in [5.41, 5.74) is 0.953. The van der Waals surface area contributed by atoms with E-state index in [9.17, 15) is 14.7 Å². The summed E-state index contributed by atoms with van der Waals surface area (Å²) >= 11 is 0. The molecule has 1 aliphatic rings. The topological polar surface area (TPSA) is 94.6 Å². The van der Waals surface area contributed by atoms with Gasteiger partial charge in [-0.1, -0.05) is 13.8 Å². The Kier molecular flexibility index (Phi) is 14.9. The van der Waals surface area contributed by atoms with E-state index in [2.05, 4.69) is 31.1 Å². The maximum absolute atomic E-state index is 14.1. The molecule has 1 heterocycles. The molecule has 9 nitrogen and oxygen atoms in total. The highest BCUT2D eigenvalue weighted by atomic mass is 16.5. The van der Waals surface area contributed by atoms with Crippen molar-refractivity contribution in [1.29, 1.82) is 0 Å². The van der Waals surface area contributed by atoms with Crippen LogP contribution in [0.5, 0.6) is 5.75 Å². The van der Waals surface area contributed by atoms with E-state index < -0.39 is 6.04 Å². The first-order valence-corrected chi connectivity index (χ1v) is 15.0. The molecule has 228 valence electrons. The van der Waals surface area contributed by atoms with Gasteiger partial charge in [0.05, 0.1) is 30.4 Å². The van der Waals surface area contributed by atoms with Crippen LogP contribution < -0.4 is 10.1 Å². The van der Waals surface area contributed by atoms with E-state index in [0.29, 0.717) is 36.6 Å². The Morgan fingerprint density at radius 3 is 2.62 bits per heavy atom. The third-order valence-corrected chi connectivity index (χ3v) is 7.44. The quantitative estimate of drug-likeness (QED) is 0.419. The molecule has 0 fully saturated rings. The van der Waals surface area contributed by atoms with Crippen LogP contribution in [0.25, 0.3) is 0 Å². The van der Waals surface area contributed by atoms with Crippen molar-refractivity contribution in [2.45, 2.75) is 84.5 Å². The summed E-state index contributed by atoms with van der Waals surface area (Å²) in [5, 5.41) is 13.1. The number of anilines is 1. The number of hydrogen-bond donors (Lipinski definition) is 2. The Balaban J connectivity index is 2.39. The Morgan fingerprint density at radius 2 is 1.95 bits per heavy atom. The van der Waals surface area contributed by atoms with Gasteiger partial charge in [-0.25, -0.2) is 0 Å². The minimum Gasteiger partial charge on any atom is -0.490 e. The van der Waals surface area contributed by atoms with Crippen molar-refractivity contribution in [3.63, 3.8) is 0 Å². The summed E-state index contributed by atoms with van der Waals surface area (Å²) in [4.78, 5) is 32.8. The van der Waals surface area contributed by atoms with Crippen LogP contribution in [-0.2, 0) is 9.53 Å². The van der Waals surface area contributed by atoms with Crippen LogP contribution in [0.15, 0.2) is 18.2 Å². The van der Waals surface area contributed by atoms with Crippen molar-refractivity contribution in [3.05, 3.63) is 23.8 Å². The van der Waals surface area contributed by atoms with Gasteiger partial charge >= 0.3 is 0 Å². The average molecular weight is 563 g/mol. The second kappa shape index (κ2) is 17.6. The van der Waals surface area contributed by atoms with Crippen molar-refractivity contribution >= 4 is 17.5 Å². The van der Waals surface area contributed by atoms with Gasteiger partial charge in [-0.3, -0.25) is 9.59 Å². The van der Waals surface area contributed by atoms with E-state index in [-0.39, 0.29) is 36.5 Å². The molecule has 0 saturated carbocycles. The van der Waals surface area contributed by atoms with Crippen LogP contribution >= 0.6 is 0 Å². The first kappa shape index (κ1) is 34.0. The lowest BCUT2D eigenvalue weighted by Crippen LogP contribution is -2.47. The Hall–Kier alpha value is -2.20. The highest BCUT2D eigenvalue weighted by molar-refractivity contribution is 5.99. The SMILES string of the molecule is CCCN(C)C[C@@H]1OCCCC[C@H](C)Oc2ccc(NC(=O)CCCN(C)C)cc2C(=O)N([C@@H](C)CO)C[C@@H]1C. The van der Waals surface area contributed by atoms with Gasteiger partial charge in [-0.05, 0) is 98.4 Å². The second-order valence-electron chi connectivity index (χ2n) is 11.7. The first-order valence-electron chi connectivity index (χ1n) is 15.0. The van der Waals surface area contributed by atoms with Crippen molar-refractivity contribution in [2.24, 2.45) is 5.92 Å². The van der Waals surface area contributed by atoms with E-state index in [1.54, 1.807) is 23.1 Å². The molecule has 40 heavy (non-hydrogen) atoms. The van der Waals surface area contributed by atoms with Crippen molar-refractivity contribution in [3.8, 4) is 5.75 Å². The molecular weight excluding hydrogens is 508 g/mol. The molecule has 1 aromatic rings. The molecule has 0 aliphatic carbocycles. The van der Waals surface area contributed by atoms with Crippen LogP contribution in [-0.4, -0.2) is 110 Å². The minimum atomic E-state index is -0.397. The van der Waals surface area contributed by atoms with Gasteiger partial charge in [0.25, 0.3) is 5.91 Å². The molecule has 1 aromatic carbocycles. The number of nitrogens with one attached hydrogen (secondary N) is 1. The minimum absolute atomic E-state index is 0.0402. The summed E-state index contributed by atoms with van der Waals surface area (Å²) in [6.45, 7) is 11.7. The summed E-state index contributed by atoms with van der Waals surface area (Å²) < 4.78 is 12.7. The number of aliphatic hydroxyl groups is 1. The number of carbonyl (C=O) groups is 2. The Morgan fingerprint density at radius 1 is 1.20 bits per heavy atom. The fourth-order valence-corrected chi connectivity index (χ4v) is 5.02. The highest BCUT2D eigenvalue weighted by Gasteiger charge is 2.30. The number of rotatable bonds is 11. The maximum Gasteiger partial charge on any atom is 0.258 e. The molecule has 9 heteroatoms. The standard InChI is InChI=1S/C31H54N4O5/c1-8-16-34(7)21-29-23(2)20-35(24(3)22-36)31(38)27-19-26(32-30(37)13-11-17-33(5)6)14-15-28(27)40-25(4)12-9-10-18-39-29/h14-15,19,23-25,29,36H,8-13,16-18,20-22H2,1-7H3,(H,32,37)/t23-,24-,25-,29-/m0/s1. The van der Waals surface area contributed by atoms with Crippen LogP contribution in [0.4, 0.5) is 5.69 Å². The molecule has 0 spiro atoms. The molecule has 4 atom stereocenters. The van der Waals surface area contributed by atoms with E-state index in [4.69, 9.17) is 9.47 Å². The van der Waals surface area contributed by atoms with Crippen LogP contribution in [0, 0.1) is 5.92 Å². The molecule has 2 N–H and O–H groups in total. The van der Waals surface area contributed by atoms with Gasteiger partial charge in [-0.15, -0.1) is 0 Å². The maximum atomic E-state index is 14.1. The van der Waals surface area contributed by atoms with Gasteiger partial charge < -0.3 is 34.6 Å². The second-order valence-corrected chi connectivity index (χ2v) is 11.7. The zero-order valence-corrected chi connectivity index (χ0v) is 25.9. The zero-order valence-electron chi connectivity index (χ0n) is 25.9. The monoisotopic (exact) mass is 562 g/mol. The number of fused-ring (bicyclic) bond motifs is 1. The summed E-state index contributed by atoms with van der Waals surface area (Å²) in [6, 6.07) is 4.89. The van der Waals surface area contributed by atoms with Crippen molar-refractivity contribution in [2.75, 3.05) is 65.9 Å². The lowest BCUT2D eigenvalue weighted by Gasteiger charge is -2.35. The van der Waals surface area contributed by atoms with E-state index in [1.165, 1.54) is 0 Å². The average Bonchev–Trinajstić information content (AvgIpc) is 2.90. The molecule has 0 unspecified atom stereocenters. The number of aliphatic hydroxyl groups excluding tert-OH is 1. The number of nitrogens with zero attached hydrogens (tertiary/aromatic N) is 3. The zero-order chi connectivity index (χ0) is 29.7. The van der Waals surface area contributed by atoms with Crippen molar-refractivity contribution < 1.29 is 24.2 Å². The Labute approximate surface area is 242 Å². The molecule has 2 rings (SSSR count). The number of carbonyl (C=O) groups excluding carboxylic acids is 2.